The van der Waals surface area contributed by atoms with Crippen molar-refractivity contribution in [3.63, 3.8) is 0 Å². The van der Waals surface area contributed by atoms with Crippen LogP contribution in [-0.2, 0) is 0 Å². The predicted octanol–water partition coefficient (Wildman–Crippen LogP) is 2.65. The van der Waals surface area contributed by atoms with Crippen LogP contribution in [0.1, 0.15) is 23.0 Å². The fourth-order valence-corrected chi connectivity index (χ4v) is 2.67. The topological polar surface area (TPSA) is 65.5 Å². The van der Waals surface area contributed by atoms with Gasteiger partial charge >= 0.3 is 0 Å². The molecule has 0 saturated carbocycles. The van der Waals surface area contributed by atoms with Crippen molar-refractivity contribution in [3.8, 4) is 0 Å². The molecular formula is C15H19N3O2S. The Hall–Kier alpha value is -1.92. The first-order valence-corrected chi connectivity index (χ1v) is 7.71. The summed E-state index contributed by atoms with van der Waals surface area (Å²) in [5.74, 6) is -0.153. The van der Waals surface area contributed by atoms with E-state index in [0.29, 0.717) is 23.9 Å². The van der Waals surface area contributed by atoms with E-state index in [1.807, 2.05) is 38.1 Å². The maximum atomic E-state index is 12.2. The van der Waals surface area contributed by atoms with Crippen molar-refractivity contribution in [2.24, 2.45) is 0 Å². The van der Waals surface area contributed by atoms with Crippen LogP contribution in [0.25, 0.3) is 0 Å². The lowest BCUT2D eigenvalue weighted by Crippen LogP contribution is -2.33. The maximum Gasteiger partial charge on any atom is 0.273 e. The molecule has 0 radical (unpaired) electrons. The van der Waals surface area contributed by atoms with E-state index in [0.717, 1.165) is 11.3 Å². The molecular weight excluding hydrogens is 286 g/mol. The summed E-state index contributed by atoms with van der Waals surface area (Å²) in [5.41, 5.74) is 2.52. The van der Waals surface area contributed by atoms with Gasteiger partial charge in [-0.25, -0.2) is 4.98 Å². The third kappa shape index (κ3) is 4.03. The number of nitrogens with zero attached hydrogens (tertiary/aromatic N) is 2. The summed E-state index contributed by atoms with van der Waals surface area (Å²) in [4.78, 5) is 18.1. The fraction of sp³-hybridized carbons (Fsp3) is 0.333. The summed E-state index contributed by atoms with van der Waals surface area (Å²) in [6, 6.07) is 7.97. The van der Waals surface area contributed by atoms with Gasteiger partial charge in [0, 0.05) is 24.2 Å². The van der Waals surface area contributed by atoms with Gasteiger partial charge in [0.15, 0.2) is 5.13 Å². The van der Waals surface area contributed by atoms with Crippen molar-refractivity contribution >= 4 is 28.1 Å². The number of aliphatic hydroxyl groups excluding tert-OH is 1. The molecule has 0 aliphatic carbocycles. The highest BCUT2D eigenvalue weighted by Gasteiger charge is 2.17. The summed E-state index contributed by atoms with van der Waals surface area (Å²) in [7, 11) is 0. The number of thiazole rings is 1. The Bertz CT molecular complexity index is 612. The molecule has 6 heteroatoms. The molecule has 1 heterocycles. The number of aryl methyl sites for hydroxylation is 1. The van der Waals surface area contributed by atoms with Gasteiger partial charge in [0.05, 0.1) is 6.61 Å². The summed E-state index contributed by atoms with van der Waals surface area (Å²) in [6.07, 6.45) is 0. The molecule has 0 spiro atoms. The number of aromatic nitrogens is 1. The molecule has 2 rings (SSSR count). The molecule has 112 valence electrons. The van der Waals surface area contributed by atoms with Gasteiger partial charge in [-0.1, -0.05) is 12.1 Å². The van der Waals surface area contributed by atoms with Crippen LogP contribution in [0.4, 0.5) is 10.8 Å². The van der Waals surface area contributed by atoms with Crippen molar-refractivity contribution in [3.05, 3.63) is 40.9 Å². The van der Waals surface area contributed by atoms with Crippen molar-refractivity contribution in [1.82, 2.24) is 9.88 Å². The molecule has 0 aliphatic heterocycles. The monoisotopic (exact) mass is 305 g/mol. The number of carbonyl (C=O) groups excluding carboxylic acids is 1. The van der Waals surface area contributed by atoms with Crippen LogP contribution in [0.3, 0.4) is 0 Å². The Morgan fingerprint density at radius 2 is 2.29 bits per heavy atom. The molecule has 1 aromatic heterocycles. The minimum atomic E-state index is -0.153. The Morgan fingerprint density at radius 1 is 1.48 bits per heavy atom. The molecule has 21 heavy (non-hydrogen) atoms. The van der Waals surface area contributed by atoms with Gasteiger partial charge < -0.3 is 15.3 Å². The van der Waals surface area contributed by atoms with E-state index >= 15 is 0 Å². The van der Waals surface area contributed by atoms with E-state index in [2.05, 4.69) is 10.3 Å². The second-order valence-corrected chi connectivity index (χ2v) is 5.50. The molecule has 5 nitrogen and oxygen atoms in total. The number of hydrogen-bond acceptors (Lipinski definition) is 5. The quantitative estimate of drug-likeness (QED) is 0.861. The Balaban J connectivity index is 2.09. The first-order valence-electron chi connectivity index (χ1n) is 6.83. The number of benzene rings is 1. The number of likely N-dealkylation sites (N-methyl/N-ethyl adjacent to an activating group) is 1. The van der Waals surface area contributed by atoms with Crippen LogP contribution in [-0.4, -0.2) is 40.6 Å². The third-order valence-corrected chi connectivity index (χ3v) is 3.79. The van der Waals surface area contributed by atoms with E-state index in [-0.39, 0.29) is 12.5 Å². The standard InChI is InChI=1S/C15H19N3O2S/c1-3-18(7-8-19)14(20)13-10-21-15(17-13)16-12-6-4-5-11(2)9-12/h4-6,9-10,19H,3,7-8H2,1-2H3,(H,16,17). The Morgan fingerprint density at radius 3 is 2.95 bits per heavy atom. The third-order valence-electron chi connectivity index (χ3n) is 3.03. The first-order chi connectivity index (χ1) is 10.1. The number of rotatable bonds is 6. The summed E-state index contributed by atoms with van der Waals surface area (Å²) in [6.45, 7) is 4.74. The van der Waals surface area contributed by atoms with Crippen LogP contribution >= 0.6 is 11.3 Å². The largest absolute Gasteiger partial charge is 0.395 e. The van der Waals surface area contributed by atoms with Crippen molar-refractivity contribution in [1.29, 1.82) is 0 Å². The average Bonchev–Trinajstić information content (AvgIpc) is 2.92. The maximum absolute atomic E-state index is 12.2. The smallest absolute Gasteiger partial charge is 0.273 e. The zero-order valence-corrected chi connectivity index (χ0v) is 13.0. The van der Waals surface area contributed by atoms with Crippen LogP contribution in [0.15, 0.2) is 29.6 Å². The van der Waals surface area contributed by atoms with E-state index in [1.54, 1.807) is 10.3 Å². The number of nitrogens with one attached hydrogen (secondary N) is 1. The average molecular weight is 305 g/mol. The summed E-state index contributed by atoms with van der Waals surface area (Å²) < 4.78 is 0. The molecule has 0 aliphatic rings. The van der Waals surface area contributed by atoms with Crippen molar-refractivity contribution in [2.45, 2.75) is 13.8 Å². The molecule has 0 bridgehead atoms. The SMILES string of the molecule is CCN(CCO)C(=O)c1csc(Nc2cccc(C)c2)n1. The lowest BCUT2D eigenvalue weighted by atomic mass is 10.2. The molecule has 2 aromatic rings. The van der Waals surface area contributed by atoms with Gasteiger partial charge in [0.25, 0.3) is 5.91 Å². The molecule has 2 N–H and O–H groups in total. The molecule has 0 saturated heterocycles. The van der Waals surface area contributed by atoms with Gasteiger partial charge in [-0.15, -0.1) is 11.3 Å². The molecule has 1 aromatic carbocycles. The Labute approximate surface area is 128 Å². The lowest BCUT2D eigenvalue weighted by molar-refractivity contribution is 0.0727. The molecule has 0 atom stereocenters. The van der Waals surface area contributed by atoms with Crippen LogP contribution in [0, 0.1) is 6.92 Å². The van der Waals surface area contributed by atoms with Crippen molar-refractivity contribution in [2.75, 3.05) is 25.0 Å². The second-order valence-electron chi connectivity index (χ2n) is 4.64. The number of aliphatic hydroxyl groups is 1. The van der Waals surface area contributed by atoms with Gasteiger partial charge in [0.2, 0.25) is 0 Å². The van der Waals surface area contributed by atoms with Gasteiger partial charge in [-0.2, -0.15) is 0 Å². The van der Waals surface area contributed by atoms with E-state index in [1.165, 1.54) is 11.3 Å². The summed E-state index contributed by atoms with van der Waals surface area (Å²) in [5, 5.41) is 14.6. The fourth-order valence-electron chi connectivity index (χ4n) is 1.96. The molecule has 0 fully saturated rings. The highest BCUT2D eigenvalue weighted by molar-refractivity contribution is 7.14. The van der Waals surface area contributed by atoms with E-state index < -0.39 is 0 Å². The van der Waals surface area contributed by atoms with Gasteiger partial charge in [-0.05, 0) is 31.5 Å². The molecule has 1 amide bonds. The highest BCUT2D eigenvalue weighted by Crippen LogP contribution is 2.22. The zero-order valence-electron chi connectivity index (χ0n) is 12.2. The highest BCUT2D eigenvalue weighted by atomic mass is 32.1. The second kappa shape index (κ2) is 7.19. The Kier molecular flexibility index (Phi) is 5.30. The number of amides is 1. The normalized spacial score (nSPS) is 10.4. The van der Waals surface area contributed by atoms with Crippen LogP contribution in [0.2, 0.25) is 0 Å². The van der Waals surface area contributed by atoms with Gasteiger partial charge in [0.1, 0.15) is 5.69 Å². The molecule has 0 unspecified atom stereocenters. The number of carbonyl (C=O) groups is 1. The van der Waals surface area contributed by atoms with E-state index in [9.17, 15) is 4.79 Å². The number of anilines is 2. The van der Waals surface area contributed by atoms with Crippen LogP contribution in [0.5, 0.6) is 0 Å². The van der Waals surface area contributed by atoms with Crippen LogP contribution < -0.4 is 5.32 Å². The summed E-state index contributed by atoms with van der Waals surface area (Å²) >= 11 is 1.39. The lowest BCUT2D eigenvalue weighted by Gasteiger charge is -2.18. The van der Waals surface area contributed by atoms with Crippen molar-refractivity contribution < 1.29 is 9.90 Å². The van der Waals surface area contributed by atoms with Gasteiger partial charge in [-0.3, -0.25) is 4.79 Å². The first kappa shape index (κ1) is 15.5. The predicted molar refractivity (Wildman–Crippen MR) is 85.2 cm³/mol. The minimum Gasteiger partial charge on any atom is -0.395 e. The zero-order chi connectivity index (χ0) is 15.2. The minimum absolute atomic E-state index is 0.0435. The van der Waals surface area contributed by atoms with E-state index in [4.69, 9.17) is 5.11 Å². The number of hydrogen-bond donors (Lipinski definition) is 2.